The summed E-state index contributed by atoms with van der Waals surface area (Å²) in [5, 5.41) is 0.565. The van der Waals surface area contributed by atoms with E-state index in [0.717, 1.165) is 11.1 Å². The van der Waals surface area contributed by atoms with Crippen molar-refractivity contribution in [2.24, 2.45) is 5.73 Å². The second-order valence-electron chi connectivity index (χ2n) is 5.72. The molecule has 2 N–H and O–H groups in total. The van der Waals surface area contributed by atoms with Crippen molar-refractivity contribution in [1.82, 2.24) is 4.57 Å². The van der Waals surface area contributed by atoms with Crippen LogP contribution in [0.5, 0.6) is 5.75 Å². The number of aryl methyl sites for hydroxylation is 1. The Hall–Kier alpha value is -3.08. The Bertz CT molecular complexity index is 972. The summed E-state index contributed by atoms with van der Waals surface area (Å²) in [7, 11) is 1.59. The summed E-state index contributed by atoms with van der Waals surface area (Å²) < 4.78 is 6.88. The molecule has 3 rings (SSSR count). The molecule has 1 amide bonds. The summed E-state index contributed by atoms with van der Waals surface area (Å²) in [6.07, 6.45) is 1.69. The number of aromatic nitrogens is 1. The average Bonchev–Trinajstić information content (AvgIpc) is 2.57. The van der Waals surface area contributed by atoms with Crippen molar-refractivity contribution in [2.45, 2.75) is 13.5 Å². The van der Waals surface area contributed by atoms with Gasteiger partial charge in [0.1, 0.15) is 12.3 Å². The van der Waals surface area contributed by atoms with Crippen LogP contribution in [0.3, 0.4) is 0 Å². The monoisotopic (exact) mass is 322 g/mol. The zero-order valence-electron chi connectivity index (χ0n) is 13.6. The van der Waals surface area contributed by atoms with Crippen LogP contribution in [0.25, 0.3) is 22.0 Å². The number of nitrogens with zero attached hydrogens (tertiary/aromatic N) is 1. The summed E-state index contributed by atoms with van der Waals surface area (Å²) in [6, 6.07) is 12.8. The topological polar surface area (TPSA) is 74.3 Å². The van der Waals surface area contributed by atoms with Crippen LogP contribution in [0.4, 0.5) is 0 Å². The first-order chi connectivity index (χ1) is 11.5. The van der Waals surface area contributed by atoms with E-state index in [1.54, 1.807) is 36.1 Å². The molecule has 1 heterocycles. The van der Waals surface area contributed by atoms with Crippen LogP contribution in [0.15, 0.2) is 53.5 Å². The average molecular weight is 322 g/mol. The molecule has 24 heavy (non-hydrogen) atoms. The fraction of sp³-hybridized carbons (Fsp3) is 0.158. The maximum atomic E-state index is 12.9. The van der Waals surface area contributed by atoms with E-state index in [1.807, 2.05) is 31.2 Å². The minimum Gasteiger partial charge on any atom is -0.497 e. The predicted octanol–water partition coefficient (Wildman–Crippen LogP) is 2.47. The lowest BCUT2D eigenvalue weighted by atomic mass is 10.0. The number of benzene rings is 2. The van der Waals surface area contributed by atoms with Crippen molar-refractivity contribution in [3.8, 4) is 16.9 Å². The van der Waals surface area contributed by atoms with E-state index >= 15 is 0 Å². The van der Waals surface area contributed by atoms with Gasteiger partial charge in [0.25, 0.3) is 0 Å². The summed E-state index contributed by atoms with van der Waals surface area (Å²) in [4.78, 5) is 24.3. The molecule has 0 unspecified atom stereocenters. The number of amides is 1. The first-order valence-corrected chi connectivity index (χ1v) is 7.56. The normalized spacial score (nSPS) is 10.8. The SMILES string of the molecule is COc1ccc(-c2cn(CC(N)=O)c3cc(C)ccc3c2=O)cc1. The van der Waals surface area contributed by atoms with Crippen LogP contribution in [-0.2, 0) is 11.3 Å². The molecule has 1 aromatic heterocycles. The highest BCUT2D eigenvalue weighted by atomic mass is 16.5. The highest BCUT2D eigenvalue weighted by Gasteiger charge is 2.12. The number of ether oxygens (including phenoxy) is 1. The molecule has 0 saturated heterocycles. The van der Waals surface area contributed by atoms with E-state index in [-0.39, 0.29) is 12.0 Å². The van der Waals surface area contributed by atoms with Crippen molar-refractivity contribution in [2.75, 3.05) is 7.11 Å². The summed E-state index contributed by atoms with van der Waals surface area (Å²) >= 11 is 0. The zero-order valence-corrected chi connectivity index (χ0v) is 13.6. The largest absolute Gasteiger partial charge is 0.497 e. The Kier molecular flexibility index (Phi) is 4.08. The van der Waals surface area contributed by atoms with Gasteiger partial charge < -0.3 is 15.0 Å². The Morgan fingerprint density at radius 2 is 1.88 bits per heavy atom. The minimum absolute atomic E-state index is 0.0173. The smallest absolute Gasteiger partial charge is 0.237 e. The van der Waals surface area contributed by atoms with E-state index < -0.39 is 5.91 Å². The van der Waals surface area contributed by atoms with Gasteiger partial charge in [0.15, 0.2) is 5.43 Å². The second-order valence-corrected chi connectivity index (χ2v) is 5.72. The number of carbonyl (C=O) groups is 1. The summed E-state index contributed by atoms with van der Waals surface area (Å²) in [5.41, 5.74) is 8.30. The highest BCUT2D eigenvalue weighted by Crippen LogP contribution is 2.23. The van der Waals surface area contributed by atoms with Crippen molar-refractivity contribution in [3.05, 3.63) is 64.4 Å². The van der Waals surface area contributed by atoms with Gasteiger partial charge in [-0.3, -0.25) is 9.59 Å². The zero-order chi connectivity index (χ0) is 17.3. The lowest BCUT2D eigenvalue weighted by Crippen LogP contribution is -2.21. The van der Waals surface area contributed by atoms with E-state index in [1.165, 1.54) is 0 Å². The molecule has 5 nitrogen and oxygen atoms in total. The molecule has 3 aromatic rings. The van der Waals surface area contributed by atoms with Gasteiger partial charge in [-0.05, 0) is 42.3 Å². The van der Waals surface area contributed by atoms with Crippen LogP contribution in [0, 0.1) is 6.92 Å². The number of methoxy groups -OCH3 is 1. The molecular formula is C19H18N2O3. The minimum atomic E-state index is -0.456. The third-order valence-corrected chi connectivity index (χ3v) is 3.96. The molecule has 0 aliphatic carbocycles. The van der Waals surface area contributed by atoms with Crippen LogP contribution in [-0.4, -0.2) is 17.6 Å². The van der Waals surface area contributed by atoms with Crippen LogP contribution in [0.1, 0.15) is 5.56 Å². The van der Waals surface area contributed by atoms with Gasteiger partial charge in [-0.15, -0.1) is 0 Å². The third-order valence-electron chi connectivity index (χ3n) is 3.96. The van der Waals surface area contributed by atoms with Gasteiger partial charge in [-0.2, -0.15) is 0 Å². The molecule has 0 atom stereocenters. The van der Waals surface area contributed by atoms with E-state index in [2.05, 4.69) is 0 Å². The van der Waals surface area contributed by atoms with Crippen LogP contribution in [0.2, 0.25) is 0 Å². The Morgan fingerprint density at radius 3 is 2.50 bits per heavy atom. The second kappa shape index (κ2) is 6.20. The maximum Gasteiger partial charge on any atom is 0.237 e. The molecule has 0 radical (unpaired) electrons. The number of rotatable bonds is 4. The molecule has 0 spiro atoms. The number of hydrogen-bond donors (Lipinski definition) is 1. The summed E-state index contributed by atoms with van der Waals surface area (Å²) in [6.45, 7) is 1.96. The molecule has 0 saturated carbocycles. The van der Waals surface area contributed by atoms with Crippen LogP contribution >= 0.6 is 0 Å². The van der Waals surface area contributed by atoms with Gasteiger partial charge in [0, 0.05) is 17.1 Å². The molecule has 5 heteroatoms. The fourth-order valence-corrected chi connectivity index (χ4v) is 2.78. The Balaban J connectivity index is 2.27. The van der Waals surface area contributed by atoms with Crippen molar-refractivity contribution < 1.29 is 9.53 Å². The lowest BCUT2D eigenvalue weighted by molar-refractivity contribution is -0.118. The molecular weight excluding hydrogens is 304 g/mol. The number of carbonyl (C=O) groups excluding carboxylic acids is 1. The standard InChI is InChI=1S/C19H18N2O3/c1-12-3-8-15-17(9-12)21(11-18(20)22)10-16(19(15)23)13-4-6-14(24-2)7-5-13/h3-10H,11H2,1-2H3,(H2,20,22). The number of nitrogens with two attached hydrogens (primary N) is 1. The molecule has 0 bridgehead atoms. The van der Waals surface area contributed by atoms with Gasteiger partial charge in [-0.1, -0.05) is 18.2 Å². The first kappa shape index (κ1) is 15.8. The number of hydrogen-bond acceptors (Lipinski definition) is 3. The van der Waals surface area contributed by atoms with Gasteiger partial charge in [-0.25, -0.2) is 0 Å². The number of primary amides is 1. The van der Waals surface area contributed by atoms with Gasteiger partial charge in [0.05, 0.1) is 12.6 Å². The van der Waals surface area contributed by atoms with E-state index in [4.69, 9.17) is 10.5 Å². The van der Waals surface area contributed by atoms with Crippen LogP contribution < -0.4 is 15.9 Å². The fourth-order valence-electron chi connectivity index (χ4n) is 2.78. The third kappa shape index (κ3) is 2.88. The molecule has 0 aliphatic rings. The van der Waals surface area contributed by atoms with Gasteiger partial charge in [0.2, 0.25) is 5.91 Å². The van der Waals surface area contributed by atoms with E-state index in [9.17, 15) is 9.59 Å². The lowest BCUT2D eigenvalue weighted by Gasteiger charge is -2.13. The molecule has 0 aliphatic heterocycles. The quantitative estimate of drug-likeness (QED) is 0.802. The Morgan fingerprint density at radius 1 is 1.17 bits per heavy atom. The van der Waals surface area contributed by atoms with Crippen molar-refractivity contribution in [1.29, 1.82) is 0 Å². The Labute approximate surface area is 139 Å². The molecule has 2 aromatic carbocycles. The predicted molar refractivity (Wildman–Crippen MR) is 94.1 cm³/mol. The van der Waals surface area contributed by atoms with Crippen molar-refractivity contribution >= 4 is 16.8 Å². The molecule has 0 fully saturated rings. The summed E-state index contributed by atoms with van der Waals surface area (Å²) in [5.74, 6) is 0.259. The van der Waals surface area contributed by atoms with E-state index in [0.29, 0.717) is 22.2 Å². The van der Waals surface area contributed by atoms with Crippen molar-refractivity contribution in [3.63, 3.8) is 0 Å². The molecule has 122 valence electrons. The first-order valence-electron chi connectivity index (χ1n) is 7.56. The number of pyridine rings is 1. The number of fused-ring (bicyclic) bond motifs is 1. The van der Waals surface area contributed by atoms with Gasteiger partial charge >= 0.3 is 0 Å². The highest BCUT2D eigenvalue weighted by molar-refractivity contribution is 5.86. The maximum absolute atomic E-state index is 12.9.